The number of benzene rings is 1. The van der Waals surface area contributed by atoms with Crippen LogP contribution in [0.1, 0.15) is 24.1 Å². The molecule has 2 rings (SSSR count). The van der Waals surface area contributed by atoms with Crippen LogP contribution in [0.4, 0.5) is 10.1 Å². The second-order valence-electron chi connectivity index (χ2n) is 5.35. The van der Waals surface area contributed by atoms with Crippen LogP contribution in [0.25, 0.3) is 0 Å². The van der Waals surface area contributed by atoms with Crippen molar-refractivity contribution in [2.45, 2.75) is 19.9 Å². The molecule has 0 amide bonds. The maximum atomic E-state index is 13.4. The maximum Gasteiger partial charge on any atom is 0.233 e. The Hall–Kier alpha value is -1.99. The van der Waals surface area contributed by atoms with Gasteiger partial charge in [-0.15, -0.1) is 0 Å². The zero-order valence-corrected chi connectivity index (χ0v) is 13.9. The Labute approximate surface area is 136 Å². The molecule has 0 aliphatic heterocycles. The van der Waals surface area contributed by atoms with Gasteiger partial charge in [0.1, 0.15) is 5.82 Å². The first kappa shape index (κ1) is 17.4. The zero-order chi connectivity index (χ0) is 16.9. The van der Waals surface area contributed by atoms with Gasteiger partial charge in [0, 0.05) is 25.0 Å². The zero-order valence-electron chi connectivity index (χ0n) is 13.1. The van der Waals surface area contributed by atoms with Crippen LogP contribution < -0.4 is 10.0 Å². The van der Waals surface area contributed by atoms with Crippen LogP contribution in [0.3, 0.4) is 0 Å². The molecule has 2 N–H and O–H groups in total. The van der Waals surface area contributed by atoms with Gasteiger partial charge in [0.15, 0.2) is 0 Å². The number of sulfonamides is 1. The standard InChI is InChI=1S/C16H20FN3O2S/c1-12-5-6-15(10-16(12)17)20-23(21,22)9-8-19-13(2)14-4-3-7-18-11-14/h3-7,10-11,13,19-20H,8-9H2,1-2H3. The van der Waals surface area contributed by atoms with Crippen molar-refractivity contribution in [1.29, 1.82) is 0 Å². The van der Waals surface area contributed by atoms with Crippen LogP contribution in [-0.4, -0.2) is 25.7 Å². The van der Waals surface area contributed by atoms with Crippen molar-refractivity contribution in [2.75, 3.05) is 17.0 Å². The van der Waals surface area contributed by atoms with E-state index in [0.29, 0.717) is 5.56 Å². The van der Waals surface area contributed by atoms with Crippen LogP contribution in [0.2, 0.25) is 0 Å². The van der Waals surface area contributed by atoms with Gasteiger partial charge in [-0.3, -0.25) is 9.71 Å². The Morgan fingerprint density at radius 3 is 2.74 bits per heavy atom. The molecule has 0 aliphatic carbocycles. The van der Waals surface area contributed by atoms with E-state index in [9.17, 15) is 12.8 Å². The van der Waals surface area contributed by atoms with Gasteiger partial charge in [-0.1, -0.05) is 12.1 Å². The topological polar surface area (TPSA) is 71.1 Å². The van der Waals surface area contributed by atoms with E-state index in [1.54, 1.807) is 25.4 Å². The average Bonchev–Trinajstić information content (AvgIpc) is 2.51. The van der Waals surface area contributed by atoms with E-state index >= 15 is 0 Å². The highest BCUT2D eigenvalue weighted by molar-refractivity contribution is 7.92. The summed E-state index contributed by atoms with van der Waals surface area (Å²) in [7, 11) is -3.54. The third-order valence-electron chi connectivity index (χ3n) is 3.45. The van der Waals surface area contributed by atoms with E-state index in [-0.39, 0.29) is 24.0 Å². The minimum Gasteiger partial charge on any atom is -0.309 e. The Balaban J connectivity index is 1.87. The van der Waals surface area contributed by atoms with Gasteiger partial charge in [-0.2, -0.15) is 0 Å². The van der Waals surface area contributed by atoms with Crippen LogP contribution in [0.5, 0.6) is 0 Å². The number of aryl methyl sites for hydroxylation is 1. The Kier molecular flexibility index (Phi) is 5.68. The molecular formula is C16H20FN3O2S. The normalized spacial score (nSPS) is 12.8. The Morgan fingerprint density at radius 1 is 1.30 bits per heavy atom. The van der Waals surface area contributed by atoms with E-state index in [0.717, 1.165) is 5.56 Å². The second kappa shape index (κ2) is 7.52. The molecule has 0 aliphatic rings. The summed E-state index contributed by atoms with van der Waals surface area (Å²) in [6.45, 7) is 3.84. The highest BCUT2D eigenvalue weighted by Crippen LogP contribution is 2.15. The van der Waals surface area contributed by atoms with E-state index in [4.69, 9.17) is 0 Å². The lowest BCUT2D eigenvalue weighted by molar-refractivity contribution is 0.574. The van der Waals surface area contributed by atoms with E-state index < -0.39 is 15.8 Å². The molecule has 1 aromatic heterocycles. The molecule has 1 unspecified atom stereocenters. The summed E-state index contributed by atoms with van der Waals surface area (Å²) in [5.41, 5.74) is 1.69. The number of pyridine rings is 1. The fourth-order valence-electron chi connectivity index (χ4n) is 2.05. The number of aromatic nitrogens is 1. The van der Waals surface area contributed by atoms with Crippen LogP contribution in [-0.2, 0) is 10.0 Å². The molecule has 0 saturated heterocycles. The van der Waals surface area contributed by atoms with Crippen molar-refractivity contribution in [2.24, 2.45) is 0 Å². The molecule has 0 saturated carbocycles. The minimum absolute atomic E-state index is 0.00396. The van der Waals surface area contributed by atoms with Gasteiger partial charge in [0.25, 0.3) is 0 Å². The van der Waals surface area contributed by atoms with Crippen LogP contribution >= 0.6 is 0 Å². The lowest BCUT2D eigenvalue weighted by Gasteiger charge is -2.14. The van der Waals surface area contributed by atoms with Gasteiger partial charge in [0.2, 0.25) is 10.0 Å². The first-order valence-corrected chi connectivity index (χ1v) is 8.92. The first-order chi connectivity index (χ1) is 10.9. The fraction of sp³-hybridized carbons (Fsp3) is 0.312. The summed E-state index contributed by atoms with van der Waals surface area (Å²) in [6.07, 6.45) is 3.42. The number of nitrogens with zero attached hydrogens (tertiary/aromatic N) is 1. The maximum absolute atomic E-state index is 13.4. The van der Waals surface area contributed by atoms with Gasteiger partial charge in [-0.25, -0.2) is 12.8 Å². The smallest absolute Gasteiger partial charge is 0.233 e. The molecule has 0 radical (unpaired) electrons. The predicted molar refractivity (Wildman–Crippen MR) is 89.2 cm³/mol. The number of halogens is 1. The average molecular weight is 337 g/mol. The number of nitrogens with one attached hydrogen (secondary N) is 2. The minimum atomic E-state index is -3.54. The van der Waals surface area contributed by atoms with Crippen molar-refractivity contribution < 1.29 is 12.8 Å². The molecule has 1 aromatic carbocycles. The number of hydrogen-bond acceptors (Lipinski definition) is 4. The molecule has 1 atom stereocenters. The van der Waals surface area contributed by atoms with Crippen molar-refractivity contribution in [1.82, 2.24) is 10.3 Å². The highest BCUT2D eigenvalue weighted by atomic mass is 32.2. The van der Waals surface area contributed by atoms with E-state index in [2.05, 4.69) is 15.0 Å². The van der Waals surface area contributed by atoms with Gasteiger partial charge in [-0.05, 0) is 43.2 Å². The summed E-state index contributed by atoms with van der Waals surface area (Å²) in [4.78, 5) is 4.03. The third kappa shape index (κ3) is 5.30. The second-order valence-corrected chi connectivity index (χ2v) is 7.19. The molecule has 2 aromatic rings. The quantitative estimate of drug-likeness (QED) is 0.815. The lowest BCUT2D eigenvalue weighted by Crippen LogP contribution is -2.28. The summed E-state index contributed by atoms with van der Waals surface area (Å²) in [6, 6.07) is 8.01. The largest absolute Gasteiger partial charge is 0.309 e. The van der Waals surface area contributed by atoms with Crippen molar-refractivity contribution in [3.63, 3.8) is 0 Å². The Morgan fingerprint density at radius 2 is 2.09 bits per heavy atom. The van der Waals surface area contributed by atoms with Gasteiger partial charge in [0.05, 0.1) is 11.4 Å². The van der Waals surface area contributed by atoms with Crippen molar-refractivity contribution in [3.8, 4) is 0 Å². The molecular weight excluding hydrogens is 317 g/mol. The number of hydrogen-bond donors (Lipinski definition) is 2. The summed E-state index contributed by atoms with van der Waals surface area (Å²) in [5.74, 6) is -0.541. The molecule has 7 heteroatoms. The monoisotopic (exact) mass is 337 g/mol. The van der Waals surface area contributed by atoms with Gasteiger partial charge < -0.3 is 5.32 Å². The molecule has 23 heavy (non-hydrogen) atoms. The molecule has 0 spiro atoms. The highest BCUT2D eigenvalue weighted by Gasteiger charge is 2.12. The Bertz CT molecular complexity index is 751. The summed E-state index contributed by atoms with van der Waals surface area (Å²) < 4.78 is 39.9. The van der Waals surface area contributed by atoms with Gasteiger partial charge >= 0.3 is 0 Å². The van der Waals surface area contributed by atoms with Crippen LogP contribution in [0.15, 0.2) is 42.7 Å². The van der Waals surface area contributed by atoms with Crippen LogP contribution in [0, 0.1) is 12.7 Å². The van der Waals surface area contributed by atoms with Crippen molar-refractivity contribution >= 4 is 15.7 Å². The number of rotatable bonds is 7. The molecule has 124 valence electrons. The molecule has 0 fully saturated rings. The lowest BCUT2D eigenvalue weighted by atomic mass is 10.1. The third-order valence-corrected chi connectivity index (χ3v) is 4.74. The summed E-state index contributed by atoms with van der Waals surface area (Å²) >= 11 is 0. The SMILES string of the molecule is Cc1ccc(NS(=O)(=O)CCNC(C)c2cccnc2)cc1F. The fourth-order valence-corrected chi connectivity index (χ4v) is 3.02. The molecule has 0 bridgehead atoms. The van der Waals surface area contributed by atoms with E-state index in [1.807, 2.05) is 19.1 Å². The predicted octanol–water partition coefficient (Wildman–Crippen LogP) is 2.62. The molecule has 1 heterocycles. The van der Waals surface area contributed by atoms with Crippen molar-refractivity contribution in [3.05, 3.63) is 59.7 Å². The number of anilines is 1. The first-order valence-electron chi connectivity index (χ1n) is 7.27. The summed E-state index contributed by atoms with van der Waals surface area (Å²) in [5, 5.41) is 3.13. The van der Waals surface area contributed by atoms with E-state index in [1.165, 1.54) is 12.1 Å². The molecule has 5 nitrogen and oxygen atoms in total.